The SMILES string of the molecule is CC1=C(C(=O)OCc2ccccc2)C(c2c(F)cccc2Cl)NC(=O)N1. The topological polar surface area (TPSA) is 67.4 Å². The predicted molar refractivity (Wildman–Crippen MR) is 94.8 cm³/mol. The number of urea groups is 1. The average molecular weight is 375 g/mol. The van der Waals surface area contributed by atoms with Gasteiger partial charge in [0.05, 0.1) is 11.6 Å². The first-order valence-corrected chi connectivity index (χ1v) is 8.28. The Morgan fingerprint density at radius 1 is 1.19 bits per heavy atom. The van der Waals surface area contributed by atoms with Gasteiger partial charge in [0.25, 0.3) is 0 Å². The molecule has 0 bridgehead atoms. The summed E-state index contributed by atoms with van der Waals surface area (Å²) in [5.41, 5.74) is 1.23. The number of allylic oxidation sites excluding steroid dienone is 1. The zero-order valence-corrected chi connectivity index (χ0v) is 14.6. The van der Waals surface area contributed by atoms with Crippen LogP contribution in [0.1, 0.15) is 24.1 Å². The van der Waals surface area contributed by atoms with E-state index in [1.54, 1.807) is 6.92 Å². The van der Waals surface area contributed by atoms with Crippen LogP contribution in [0, 0.1) is 5.82 Å². The van der Waals surface area contributed by atoms with Crippen LogP contribution in [-0.2, 0) is 16.1 Å². The van der Waals surface area contributed by atoms with Crippen LogP contribution >= 0.6 is 11.6 Å². The normalized spacial score (nSPS) is 16.7. The monoisotopic (exact) mass is 374 g/mol. The summed E-state index contributed by atoms with van der Waals surface area (Å²) < 4.78 is 19.7. The fourth-order valence-corrected chi connectivity index (χ4v) is 3.04. The van der Waals surface area contributed by atoms with E-state index in [1.807, 2.05) is 30.3 Å². The Morgan fingerprint density at radius 2 is 1.92 bits per heavy atom. The standard InChI is InChI=1S/C19H16ClFN2O3/c1-11-15(18(24)26-10-12-6-3-2-4-7-12)17(23-19(25)22-11)16-13(20)8-5-9-14(16)21/h2-9,17H,10H2,1H3,(H2,22,23,25). The summed E-state index contributed by atoms with van der Waals surface area (Å²) in [4.78, 5) is 24.5. The molecule has 0 spiro atoms. The van der Waals surface area contributed by atoms with Gasteiger partial charge in [-0.2, -0.15) is 0 Å². The molecule has 2 aromatic carbocycles. The first-order valence-electron chi connectivity index (χ1n) is 7.90. The van der Waals surface area contributed by atoms with Crippen LogP contribution < -0.4 is 10.6 Å². The molecule has 0 aliphatic carbocycles. The first-order chi connectivity index (χ1) is 12.5. The Hall–Kier alpha value is -2.86. The summed E-state index contributed by atoms with van der Waals surface area (Å²) in [5.74, 6) is -1.28. The summed E-state index contributed by atoms with van der Waals surface area (Å²) in [5, 5.41) is 5.16. The molecule has 26 heavy (non-hydrogen) atoms. The van der Waals surface area contributed by atoms with E-state index in [2.05, 4.69) is 10.6 Å². The molecule has 2 amide bonds. The molecule has 134 valence electrons. The number of halogens is 2. The van der Waals surface area contributed by atoms with Gasteiger partial charge in [0.2, 0.25) is 0 Å². The Morgan fingerprint density at radius 3 is 2.62 bits per heavy atom. The van der Waals surface area contributed by atoms with Crippen molar-refractivity contribution in [1.82, 2.24) is 10.6 Å². The third kappa shape index (κ3) is 3.70. The lowest BCUT2D eigenvalue weighted by Gasteiger charge is -2.28. The van der Waals surface area contributed by atoms with Gasteiger partial charge in [-0.3, -0.25) is 0 Å². The Bertz CT molecular complexity index is 863. The van der Waals surface area contributed by atoms with Crippen molar-refractivity contribution < 1.29 is 18.7 Å². The molecule has 1 atom stereocenters. The molecule has 1 heterocycles. The van der Waals surface area contributed by atoms with Gasteiger partial charge in [-0.25, -0.2) is 14.0 Å². The highest BCUT2D eigenvalue weighted by atomic mass is 35.5. The zero-order chi connectivity index (χ0) is 18.7. The number of carbonyl (C=O) groups excluding carboxylic acids is 2. The second-order valence-electron chi connectivity index (χ2n) is 5.77. The number of benzene rings is 2. The first kappa shape index (κ1) is 17.9. The second-order valence-corrected chi connectivity index (χ2v) is 6.17. The number of nitrogens with one attached hydrogen (secondary N) is 2. The fraction of sp³-hybridized carbons (Fsp3) is 0.158. The van der Waals surface area contributed by atoms with Crippen molar-refractivity contribution in [2.45, 2.75) is 19.6 Å². The summed E-state index contributed by atoms with van der Waals surface area (Å²) in [6, 6.07) is 11.7. The van der Waals surface area contributed by atoms with E-state index < -0.39 is 23.9 Å². The minimum atomic E-state index is -1.04. The summed E-state index contributed by atoms with van der Waals surface area (Å²) in [6.07, 6.45) is 0. The van der Waals surface area contributed by atoms with Crippen LogP contribution in [-0.4, -0.2) is 12.0 Å². The van der Waals surface area contributed by atoms with Crippen molar-refractivity contribution in [2.24, 2.45) is 0 Å². The van der Waals surface area contributed by atoms with Gasteiger partial charge in [-0.1, -0.05) is 48.0 Å². The van der Waals surface area contributed by atoms with Crippen molar-refractivity contribution >= 4 is 23.6 Å². The van der Waals surface area contributed by atoms with Crippen molar-refractivity contribution in [3.05, 3.63) is 81.8 Å². The lowest BCUT2D eigenvalue weighted by Crippen LogP contribution is -2.45. The molecule has 1 aliphatic rings. The second kappa shape index (κ2) is 7.58. The number of hydrogen-bond acceptors (Lipinski definition) is 3. The molecule has 2 aromatic rings. The van der Waals surface area contributed by atoms with Gasteiger partial charge in [0.15, 0.2) is 0 Å². The van der Waals surface area contributed by atoms with Crippen molar-refractivity contribution in [1.29, 1.82) is 0 Å². The molecule has 1 unspecified atom stereocenters. The average Bonchev–Trinajstić information content (AvgIpc) is 2.60. The maximum absolute atomic E-state index is 14.3. The number of rotatable bonds is 4. The summed E-state index contributed by atoms with van der Waals surface area (Å²) >= 11 is 6.11. The molecule has 3 rings (SSSR count). The summed E-state index contributed by atoms with van der Waals surface area (Å²) in [7, 11) is 0. The molecular formula is C19H16ClFN2O3. The van der Waals surface area contributed by atoms with E-state index in [1.165, 1.54) is 18.2 Å². The van der Waals surface area contributed by atoms with Gasteiger partial charge in [0.1, 0.15) is 12.4 Å². The molecule has 0 saturated heterocycles. The van der Waals surface area contributed by atoms with Crippen LogP contribution in [0.3, 0.4) is 0 Å². The third-order valence-corrected chi connectivity index (χ3v) is 4.32. The van der Waals surface area contributed by atoms with E-state index in [0.717, 1.165) is 5.56 Å². The number of esters is 1. The quantitative estimate of drug-likeness (QED) is 0.799. The third-order valence-electron chi connectivity index (χ3n) is 3.99. The lowest BCUT2D eigenvalue weighted by atomic mass is 9.95. The predicted octanol–water partition coefficient (Wildman–Crippen LogP) is 3.85. The lowest BCUT2D eigenvalue weighted by molar-refractivity contribution is -0.140. The molecule has 0 saturated carbocycles. The number of ether oxygens (including phenoxy) is 1. The van der Waals surface area contributed by atoms with Crippen molar-refractivity contribution in [2.75, 3.05) is 0 Å². The molecule has 1 aliphatic heterocycles. The minimum absolute atomic E-state index is 0.0232. The van der Waals surface area contributed by atoms with Crippen LogP contribution in [0.25, 0.3) is 0 Å². The maximum atomic E-state index is 14.3. The molecule has 0 radical (unpaired) electrons. The van der Waals surface area contributed by atoms with Crippen LogP contribution in [0.15, 0.2) is 59.8 Å². The van der Waals surface area contributed by atoms with Crippen molar-refractivity contribution in [3.8, 4) is 0 Å². The molecular weight excluding hydrogens is 359 g/mol. The summed E-state index contributed by atoms with van der Waals surface area (Å²) in [6.45, 7) is 1.61. The molecule has 0 aromatic heterocycles. The van der Waals surface area contributed by atoms with E-state index >= 15 is 0 Å². The van der Waals surface area contributed by atoms with Gasteiger partial charge in [-0.05, 0) is 24.6 Å². The van der Waals surface area contributed by atoms with E-state index in [0.29, 0.717) is 0 Å². The maximum Gasteiger partial charge on any atom is 0.338 e. The Kier molecular flexibility index (Phi) is 5.23. The van der Waals surface area contributed by atoms with Gasteiger partial charge < -0.3 is 15.4 Å². The molecule has 0 fully saturated rings. The van der Waals surface area contributed by atoms with Crippen molar-refractivity contribution in [3.63, 3.8) is 0 Å². The number of hydrogen-bond donors (Lipinski definition) is 2. The highest BCUT2D eigenvalue weighted by Crippen LogP contribution is 2.34. The minimum Gasteiger partial charge on any atom is -0.457 e. The highest BCUT2D eigenvalue weighted by Gasteiger charge is 2.35. The fourth-order valence-electron chi connectivity index (χ4n) is 2.77. The van der Waals surface area contributed by atoms with Crippen LogP contribution in [0.4, 0.5) is 9.18 Å². The smallest absolute Gasteiger partial charge is 0.338 e. The van der Waals surface area contributed by atoms with Gasteiger partial charge in [0, 0.05) is 16.3 Å². The molecule has 2 N–H and O–H groups in total. The van der Waals surface area contributed by atoms with E-state index in [9.17, 15) is 14.0 Å². The van der Waals surface area contributed by atoms with E-state index in [-0.39, 0.29) is 28.5 Å². The van der Waals surface area contributed by atoms with E-state index in [4.69, 9.17) is 16.3 Å². The van der Waals surface area contributed by atoms with Crippen LogP contribution in [0.5, 0.6) is 0 Å². The largest absolute Gasteiger partial charge is 0.457 e. The highest BCUT2D eigenvalue weighted by molar-refractivity contribution is 6.31. The number of carbonyl (C=O) groups is 2. The molecule has 5 nitrogen and oxygen atoms in total. The zero-order valence-electron chi connectivity index (χ0n) is 13.9. The number of amides is 2. The van der Waals surface area contributed by atoms with Crippen LogP contribution in [0.2, 0.25) is 5.02 Å². The Balaban J connectivity index is 1.92. The molecule has 7 heteroatoms. The van der Waals surface area contributed by atoms with Gasteiger partial charge in [-0.15, -0.1) is 0 Å². The van der Waals surface area contributed by atoms with Gasteiger partial charge >= 0.3 is 12.0 Å². The Labute approximate surface area is 154 Å².